The zero-order valence-corrected chi connectivity index (χ0v) is 18.6. The highest BCUT2D eigenvalue weighted by molar-refractivity contribution is 7.98. The third-order valence-electron chi connectivity index (χ3n) is 3.69. The van der Waals surface area contributed by atoms with Crippen LogP contribution < -0.4 is 20.9 Å². The van der Waals surface area contributed by atoms with Crippen LogP contribution in [0, 0.1) is 0 Å². The number of carbonyl (C=O) groups excluding carboxylic acids is 2. The van der Waals surface area contributed by atoms with Gasteiger partial charge in [0.1, 0.15) is 11.8 Å². The van der Waals surface area contributed by atoms with Gasteiger partial charge in [0.25, 0.3) is 11.8 Å². The van der Waals surface area contributed by atoms with Crippen molar-refractivity contribution in [2.24, 2.45) is 0 Å². The first-order valence-electron chi connectivity index (χ1n) is 8.57. The number of halogens is 3. The first-order chi connectivity index (χ1) is 13.9. The molecule has 0 heterocycles. The van der Waals surface area contributed by atoms with Gasteiger partial charge in [0.05, 0.1) is 15.7 Å². The van der Waals surface area contributed by atoms with E-state index in [1.54, 1.807) is 36.0 Å². The van der Waals surface area contributed by atoms with E-state index >= 15 is 0 Å². The molecule has 0 fully saturated rings. The fourth-order valence-corrected chi connectivity index (χ4v) is 3.66. The van der Waals surface area contributed by atoms with Gasteiger partial charge in [-0.25, -0.2) is 0 Å². The minimum absolute atomic E-state index is 0.199. The van der Waals surface area contributed by atoms with Crippen molar-refractivity contribution < 1.29 is 14.3 Å². The third kappa shape index (κ3) is 7.85. The second-order valence-electron chi connectivity index (χ2n) is 5.86. The van der Waals surface area contributed by atoms with Gasteiger partial charge in [0, 0.05) is 5.02 Å². The predicted molar refractivity (Wildman–Crippen MR) is 120 cm³/mol. The summed E-state index contributed by atoms with van der Waals surface area (Å²) in [7, 11) is 0. The maximum absolute atomic E-state index is 12.6. The normalized spacial score (nSPS) is 11.4. The van der Waals surface area contributed by atoms with Crippen LogP contribution in [0.5, 0.6) is 5.75 Å². The Morgan fingerprint density at radius 2 is 1.76 bits per heavy atom. The summed E-state index contributed by atoms with van der Waals surface area (Å²) in [5, 5.41) is 3.56. The van der Waals surface area contributed by atoms with Gasteiger partial charge in [0.2, 0.25) is 0 Å². The van der Waals surface area contributed by atoms with Crippen molar-refractivity contribution in [3.8, 4) is 5.75 Å². The third-order valence-corrected chi connectivity index (χ3v) is 5.15. The molecule has 1 unspecified atom stereocenters. The van der Waals surface area contributed by atoms with Crippen LogP contribution in [0.2, 0.25) is 15.1 Å². The number of rotatable bonds is 10. The molecule has 0 aliphatic heterocycles. The fraction of sp³-hybridized carbons (Fsp3) is 0.263. The number of benzene rings is 2. The molecule has 0 saturated heterocycles. The number of anilines is 1. The Hall–Kier alpha value is -1.80. The summed E-state index contributed by atoms with van der Waals surface area (Å²) >= 11 is 19.6. The summed E-state index contributed by atoms with van der Waals surface area (Å²) in [6.45, 7) is -0.199. The standard InChI is InChI=1S/C19H20Cl3N3O3S/c1-29-8-7-16(23-17(26)11-28-13-5-3-2-4-6-13)19(27)25-24-18-14(21)9-12(20)10-15(18)22/h2-6,9-10,16,24H,7-8,11H2,1H3,(H,23,26)(H,25,27). The van der Waals surface area contributed by atoms with E-state index in [1.165, 1.54) is 12.1 Å². The highest BCUT2D eigenvalue weighted by atomic mass is 35.5. The minimum atomic E-state index is -0.758. The molecule has 29 heavy (non-hydrogen) atoms. The molecule has 1 atom stereocenters. The van der Waals surface area contributed by atoms with Crippen LogP contribution in [0.25, 0.3) is 0 Å². The average Bonchev–Trinajstić information content (AvgIpc) is 2.69. The largest absolute Gasteiger partial charge is 0.484 e. The number of nitrogens with one attached hydrogen (secondary N) is 3. The Morgan fingerprint density at radius 3 is 2.38 bits per heavy atom. The van der Waals surface area contributed by atoms with Crippen molar-refractivity contribution in [1.29, 1.82) is 0 Å². The van der Waals surface area contributed by atoms with Gasteiger partial charge >= 0.3 is 0 Å². The van der Waals surface area contributed by atoms with Gasteiger partial charge in [-0.3, -0.25) is 20.4 Å². The van der Waals surface area contributed by atoms with Crippen molar-refractivity contribution in [3.05, 3.63) is 57.5 Å². The predicted octanol–water partition coefficient (Wildman–Crippen LogP) is 4.41. The molecular formula is C19H20Cl3N3O3S. The molecule has 156 valence electrons. The molecule has 3 N–H and O–H groups in total. The van der Waals surface area contributed by atoms with Crippen LogP contribution in [0.1, 0.15) is 6.42 Å². The quantitative estimate of drug-likeness (QED) is 0.443. The van der Waals surface area contributed by atoms with Gasteiger partial charge in [-0.05, 0) is 42.7 Å². The van der Waals surface area contributed by atoms with Crippen LogP contribution in [-0.2, 0) is 9.59 Å². The summed E-state index contributed by atoms with van der Waals surface area (Å²) in [6.07, 6.45) is 2.36. The van der Waals surface area contributed by atoms with E-state index in [0.717, 1.165) is 0 Å². The van der Waals surface area contributed by atoms with Crippen LogP contribution in [0.15, 0.2) is 42.5 Å². The summed E-state index contributed by atoms with van der Waals surface area (Å²) in [6, 6.07) is 11.2. The number of thioether (sulfide) groups is 1. The Morgan fingerprint density at radius 1 is 1.10 bits per heavy atom. The van der Waals surface area contributed by atoms with Gasteiger partial charge in [0.15, 0.2) is 6.61 Å². The van der Waals surface area contributed by atoms with E-state index in [9.17, 15) is 9.59 Å². The Balaban J connectivity index is 1.94. The van der Waals surface area contributed by atoms with Gasteiger partial charge < -0.3 is 10.1 Å². The van der Waals surface area contributed by atoms with Crippen molar-refractivity contribution in [2.45, 2.75) is 12.5 Å². The molecule has 0 aromatic heterocycles. The number of carbonyl (C=O) groups is 2. The smallest absolute Gasteiger partial charge is 0.260 e. The Labute approximate surface area is 188 Å². The van der Waals surface area contributed by atoms with Crippen LogP contribution in [-0.4, -0.2) is 36.5 Å². The molecule has 0 radical (unpaired) electrons. The second kappa shape index (κ2) is 12.0. The molecule has 0 spiro atoms. The Bertz CT molecular complexity index is 817. The summed E-state index contributed by atoms with van der Waals surface area (Å²) in [5.74, 6) is 0.411. The SMILES string of the molecule is CSCCC(NC(=O)COc1ccccc1)C(=O)NNc1c(Cl)cc(Cl)cc1Cl. The van der Waals surface area contributed by atoms with E-state index in [2.05, 4.69) is 16.2 Å². The van der Waals surface area contributed by atoms with Gasteiger partial charge in [-0.15, -0.1) is 0 Å². The van der Waals surface area contributed by atoms with Crippen molar-refractivity contribution in [3.63, 3.8) is 0 Å². The monoisotopic (exact) mass is 475 g/mol. The van der Waals surface area contributed by atoms with E-state index in [-0.39, 0.29) is 16.7 Å². The zero-order chi connectivity index (χ0) is 21.2. The van der Waals surface area contributed by atoms with E-state index in [1.807, 2.05) is 12.3 Å². The first-order valence-corrected chi connectivity index (χ1v) is 11.1. The van der Waals surface area contributed by atoms with Gasteiger partial charge in [-0.1, -0.05) is 53.0 Å². The van der Waals surface area contributed by atoms with Crippen molar-refractivity contribution in [1.82, 2.24) is 10.7 Å². The number of hydrogen-bond acceptors (Lipinski definition) is 5. The molecule has 2 amide bonds. The second-order valence-corrected chi connectivity index (χ2v) is 8.10. The van der Waals surface area contributed by atoms with Crippen molar-refractivity contribution >= 4 is 64.1 Å². The lowest BCUT2D eigenvalue weighted by molar-refractivity contribution is -0.129. The van der Waals surface area contributed by atoms with E-state index in [4.69, 9.17) is 39.5 Å². The molecule has 2 rings (SSSR count). The number of ether oxygens (including phenoxy) is 1. The summed E-state index contributed by atoms with van der Waals surface area (Å²) < 4.78 is 5.41. The molecule has 0 saturated carbocycles. The number of hydrogen-bond donors (Lipinski definition) is 3. The summed E-state index contributed by atoms with van der Waals surface area (Å²) in [5.41, 5.74) is 5.52. The number of hydrazine groups is 1. The van der Waals surface area contributed by atoms with Crippen LogP contribution in [0.4, 0.5) is 5.69 Å². The van der Waals surface area contributed by atoms with Crippen molar-refractivity contribution in [2.75, 3.05) is 24.0 Å². The molecule has 6 nitrogen and oxygen atoms in total. The average molecular weight is 477 g/mol. The fourth-order valence-electron chi connectivity index (χ4n) is 2.28. The number of para-hydroxylation sites is 1. The zero-order valence-electron chi connectivity index (χ0n) is 15.5. The maximum Gasteiger partial charge on any atom is 0.260 e. The highest BCUT2D eigenvalue weighted by Gasteiger charge is 2.21. The van der Waals surface area contributed by atoms with Crippen LogP contribution in [0.3, 0.4) is 0 Å². The highest BCUT2D eigenvalue weighted by Crippen LogP contribution is 2.33. The lowest BCUT2D eigenvalue weighted by Gasteiger charge is -2.19. The maximum atomic E-state index is 12.6. The molecule has 2 aromatic rings. The van der Waals surface area contributed by atoms with E-state index in [0.29, 0.717) is 28.6 Å². The number of amides is 2. The Kier molecular flexibility index (Phi) is 9.73. The molecule has 0 aliphatic rings. The van der Waals surface area contributed by atoms with Gasteiger partial charge in [-0.2, -0.15) is 11.8 Å². The molecular weight excluding hydrogens is 457 g/mol. The molecule has 10 heteroatoms. The lowest BCUT2D eigenvalue weighted by atomic mass is 10.2. The molecule has 2 aromatic carbocycles. The lowest BCUT2D eigenvalue weighted by Crippen LogP contribution is -2.49. The minimum Gasteiger partial charge on any atom is -0.484 e. The van der Waals surface area contributed by atoms with Crippen LogP contribution >= 0.6 is 46.6 Å². The molecule has 0 bridgehead atoms. The topological polar surface area (TPSA) is 79.5 Å². The first kappa shape index (κ1) is 23.5. The molecule has 0 aliphatic carbocycles. The van der Waals surface area contributed by atoms with E-state index < -0.39 is 17.9 Å². The summed E-state index contributed by atoms with van der Waals surface area (Å²) in [4.78, 5) is 24.8.